The summed E-state index contributed by atoms with van der Waals surface area (Å²) in [6, 6.07) is 14.6. The van der Waals surface area contributed by atoms with Gasteiger partial charge in [0.1, 0.15) is 0 Å². The number of rotatable bonds is 3. The Balaban J connectivity index is 2.11. The van der Waals surface area contributed by atoms with Crippen LogP contribution >= 0.6 is 12.2 Å². The topological polar surface area (TPSA) is 84.5 Å². The van der Waals surface area contributed by atoms with Crippen LogP contribution in [-0.2, 0) is 10.1 Å². The lowest BCUT2D eigenvalue weighted by molar-refractivity contribution is 0.442. The molecular formula is C15H12N2O4S2. The predicted octanol–water partition coefficient (Wildman–Crippen LogP) is 2.95. The van der Waals surface area contributed by atoms with Gasteiger partial charge in [-0.15, -0.1) is 0 Å². The summed E-state index contributed by atoms with van der Waals surface area (Å²) in [5.41, 5.74) is 1.27. The van der Waals surface area contributed by atoms with E-state index < -0.39 is 10.1 Å². The van der Waals surface area contributed by atoms with Crippen LogP contribution in [0, 0.1) is 4.77 Å². The molecule has 8 heteroatoms. The molecule has 23 heavy (non-hydrogen) atoms. The number of hydrogen-bond donors (Lipinski definition) is 2. The third-order valence-corrected chi connectivity index (χ3v) is 4.55. The average molecular weight is 348 g/mol. The molecule has 0 saturated heterocycles. The van der Waals surface area contributed by atoms with Crippen LogP contribution in [0.15, 0.2) is 65.7 Å². The highest BCUT2D eigenvalue weighted by atomic mass is 32.2. The molecular weight excluding hydrogens is 336 g/mol. The van der Waals surface area contributed by atoms with Gasteiger partial charge < -0.3 is 5.11 Å². The van der Waals surface area contributed by atoms with E-state index in [2.05, 4.69) is 0 Å². The average Bonchev–Trinajstić information content (AvgIpc) is 2.82. The lowest BCUT2D eigenvalue weighted by Crippen LogP contribution is -2.00. The molecule has 0 unspecified atom stereocenters. The van der Waals surface area contributed by atoms with Crippen molar-refractivity contribution in [1.82, 2.24) is 9.13 Å². The van der Waals surface area contributed by atoms with Crippen molar-refractivity contribution < 1.29 is 18.1 Å². The molecule has 0 amide bonds. The van der Waals surface area contributed by atoms with Gasteiger partial charge in [-0.1, -0.05) is 18.2 Å². The summed E-state index contributed by atoms with van der Waals surface area (Å²) < 4.78 is 34.5. The Hall–Kier alpha value is -2.42. The van der Waals surface area contributed by atoms with Crippen molar-refractivity contribution in [2.45, 2.75) is 4.90 Å². The molecule has 0 bridgehead atoms. The molecule has 6 nitrogen and oxygen atoms in total. The third kappa shape index (κ3) is 2.91. The van der Waals surface area contributed by atoms with Gasteiger partial charge >= 0.3 is 0 Å². The molecule has 3 aromatic rings. The van der Waals surface area contributed by atoms with Gasteiger partial charge in [-0.25, -0.2) is 0 Å². The fourth-order valence-electron chi connectivity index (χ4n) is 2.22. The number of hydrogen-bond acceptors (Lipinski definition) is 4. The van der Waals surface area contributed by atoms with E-state index in [9.17, 15) is 13.5 Å². The molecule has 0 radical (unpaired) electrons. The molecule has 0 spiro atoms. The van der Waals surface area contributed by atoms with E-state index >= 15 is 0 Å². The summed E-state index contributed by atoms with van der Waals surface area (Å²) in [4.78, 5) is -0.209. The first-order chi connectivity index (χ1) is 10.9. The molecule has 1 aromatic heterocycles. The number of aromatic nitrogens is 2. The quantitative estimate of drug-likeness (QED) is 0.561. The third-order valence-electron chi connectivity index (χ3n) is 3.30. The molecule has 1 heterocycles. The van der Waals surface area contributed by atoms with Gasteiger partial charge in [0.05, 0.1) is 16.8 Å². The highest BCUT2D eigenvalue weighted by Crippen LogP contribution is 2.23. The summed E-state index contributed by atoms with van der Waals surface area (Å²) in [6.45, 7) is 0. The Kier molecular flexibility index (Phi) is 3.80. The zero-order valence-corrected chi connectivity index (χ0v) is 13.3. The highest BCUT2D eigenvalue weighted by Gasteiger charge is 2.12. The Labute approximate surface area is 137 Å². The lowest BCUT2D eigenvalue weighted by atomic mass is 10.3. The zero-order chi connectivity index (χ0) is 16.6. The van der Waals surface area contributed by atoms with Crippen molar-refractivity contribution in [2.24, 2.45) is 0 Å². The van der Waals surface area contributed by atoms with E-state index in [0.717, 1.165) is 0 Å². The number of benzene rings is 2. The zero-order valence-electron chi connectivity index (χ0n) is 11.7. The second-order valence-corrected chi connectivity index (χ2v) is 6.57. The molecule has 0 aliphatic rings. The Morgan fingerprint density at radius 1 is 0.913 bits per heavy atom. The van der Waals surface area contributed by atoms with Crippen molar-refractivity contribution in [1.29, 1.82) is 0 Å². The van der Waals surface area contributed by atoms with Crippen LogP contribution in [0.2, 0.25) is 0 Å². The maximum absolute atomic E-state index is 11.1. The summed E-state index contributed by atoms with van der Waals surface area (Å²) >= 11 is 5.38. The van der Waals surface area contributed by atoms with Crippen LogP contribution in [-0.4, -0.2) is 27.2 Å². The van der Waals surface area contributed by atoms with Crippen LogP contribution < -0.4 is 0 Å². The minimum Gasteiger partial charge on any atom is -0.493 e. The first kappa shape index (κ1) is 15.5. The molecule has 118 valence electrons. The van der Waals surface area contributed by atoms with Crippen LogP contribution in [0.25, 0.3) is 11.4 Å². The van der Waals surface area contributed by atoms with Crippen molar-refractivity contribution in [3.05, 3.63) is 65.6 Å². The van der Waals surface area contributed by atoms with E-state index in [1.807, 2.05) is 18.2 Å². The minimum absolute atomic E-state index is 0.0416. The fraction of sp³-hybridized carbons (Fsp3) is 0. The Bertz CT molecular complexity index is 1000. The van der Waals surface area contributed by atoms with E-state index in [1.165, 1.54) is 35.0 Å². The predicted molar refractivity (Wildman–Crippen MR) is 87.4 cm³/mol. The Morgan fingerprint density at radius 2 is 1.52 bits per heavy atom. The molecule has 2 aromatic carbocycles. The number of aromatic hydroxyl groups is 1. The van der Waals surface area contributed by atoms with Crippen LogP contribution in [0.1, 0.15) is 0 Å². The van der Waals surface area contributed by atoms with Gasteiger partial charge in [-0.05, 0) is 48.6 Å². The standard InChI is InChI=1S/C15H12N2O4S2/c18-14-10-16(11-6-8-13(9-7-11)23(19,20)21)15(22)17(14)12-4-2-1-3-5-12/h1-10,18H,(H,19,20,21). The van der Waals surface area contributed by atoms with Crippen LogP contribution in [0.5, 0.6) is 5.88 Å². The molecule has 2 N–H and O–H groups in total. The van der Waals surface area contributed by atoms with Crippen LogP contribution in [0.4, 0.5) is 0 Å². The second-order valence-electron chi connectivity index (χ2n) is 4.78. The normalized spacial score (nSPS) is 11.5. The van der Waals surface area contributed by atoms with Crippen molar-refractivity contribution in [2.75, 3.05) is 0 Å². The molecule has 0 atom stereocenters. The van der Waals surface area contributed by atoms with E-state index in [1.54, 1.807) is 16.7 Å². The van der Waals surface area contributed by atoms with Crippen LogP contribution in [0.3, 0.4) is 0 Å². The number of para-hydroxylation sites is 1. The first-order valence-corrected chi connectivity index (χ1v) is 8.39. The lowest BCUT2D eigenvalue weighted by Gasteiger charge is -2.05. The monoisotopic (exact) mass is 348 g/mol. The van der Waals surface area contributed by atoms with E-state index in [-0.39, 0.29) is 10.8 Å². The van der Waals surface area contributed by atoms with Gasteiger partial charge in [0.2, 0.25) is 5.88 Å². The molecule has 0 aliphatic carbocycles. The fourth-order valence-corrected chi connectivity index (χ4v) is 3.05. The van der Waals surface area contributed by atoms with Gasteiger partial charge in [0, 0.05) is 5.69 Å². The van der Waals surface area contributed by atoms with E-state index in [0.29, 0.717) is 16.1 Å². The van der Waals surface area contributed by atoms with Crippen molar-refractivity contribution in [3.63, 3.8) is 0 Å². The summed E-state index contributed by atoms with van der Waals surface area (Å²) in [6.07, 6.45) is 1.44. The first-order valence-electron chi connectivity index (χ1n) is 6.54. The highest BCUT2D eigenvalue weighted by molar-refractivity contribution is 7.85. The van der Waals surface area contributed by atoms with Gasteiger partial charge in [0.25, 0.3) is 10.1 Å². The van der Waals surface area contributed by atoms with E-state index in [4.69, 9.17) is 16.8 Å². The van der Waals surface area contributed by atoms with Gasteiger partial charge in [0.15, 0.2) is 4.77 Å². The second kappa shape index (κ2) is 5.65. The van der Waals surface area contributed by atoms with Gasteiger partial charge in [-0.2, -0.15) is 8.42 Å². The maximum Gasteiger partial charge on any atom is 0.294 e. The summed E-state index contributed by atoms with van der Waals surface area (Å²) in [5.74, 6) is -0.0416. The minimum atomic E-state index is -4.25. The smallest absolute Gasteiger partial charge is 0.294 e. The summed E-state index contributed by atoms with van der Waals surface area (Å²) in [5, 5.41) is 10.2. The number of imidazole rings is 1. The molecule has 3 rings (SSSR count). The molecule has 0 aliphatic heterocycles. The molecule has 0 fully saturated rings. The Morgan fingerprint density at radius 3 is 2.09 bits per heavy atom. The largest absolute Gasteiger partial charge is 0.493 e. The SMILES string of the molecule is O=S(=O)(O)c1ccc(-n2cc(O)n(-c3ccccc3)c2=S)cc1. The molecule has 0 saturated carbocycles. The van der Waals surface area contributed by atoms with Crippen molar-refractivity contribution >= 4 is 22.3 Å². The number of nitrogens with zero attached hydrogens (tertiary/aromatic N) is 2. The van der Waals surface area contributed by atoms with Crippen molar-refractivity contribution in [3.8, 4) is 17.3 Å². The van der Waals surface area contributed by atoms with Gasteiger partial charge in [-0.3, -0.25) is 13.7 Å². The maximum atomic E-state index is 11.1. The summed E-state index contributed by atoms with van der Waals surface area (Å²) in [7, 11) is -4.25.